The number of ether oxygens (including phenoxy) is 1. The van der Waals surface area contributed by atoms with Crippen LogP contribution in [-0.2, 0) is 10.0 Å². The summed E-state index contributed by atoms with van der Waals surface area (Å²) in [6, 6.07) is 4.65. The summed E-state index contributed by atoms with van der Waals surface area (Å²) in [7, 11) is -2.09. The van der Waals surface area contributed by atoms with Gasteiger partial charge in [-0.3, -0.25) is 4.79 Å². The third-order valence-corrected chi connectivity index (χ3v) is 7.44. The molecule has 27 heavy (non-hydrogen) atoms. The summed E-state index contributed by atoms with van der Waals surface area (Å²) in [5, 5.41) is 0. The lowest BCUT2D eigenvalue weighted by Gasteiger charge is -2.31. The first kappa shape index (κ1) is 20.1. The molecule has 1 aromatic rings. The highest BCUT2D eigenvalue weighted by atomic mass is 32.2. The molecule has 0 aliphatic carbocycles. The molecule has 0 aromatic heterocycles. The van der Waals surface area contributed by atoms with Crippen molar-refractivity contribution in [1.82, 2.24) is 9.21 Å². The molecule has 2 heterocycles. The van der Waals surface area contributed by atoms with Crippen molar-refractivity contribution in [2.75, 3.05) is 33.3 Å². The van der Waals surface area contributed by atoms with E-state index in [1.165, 1.54) is 13.2 Å². The Balaban J connectivity index is 1.91. The topological polar surface area (TPSA) is 66.9 Å². The van der Waals surface area contributed by atoms with Crippen LogP contribution < -0.4 is 4.74 Å². The fourth-order valence-corrected chi connectivity index (χ4v) is 5.53. The Kier molecular flexibility index (Phi) is 6.42. The molecule has 1 aromatic carbocycles. The highest BCUT2D eigenvalue weighted by molar-refractivity contribution is 7.89. The Hall–Kier alpha value is -1.60. The lowest BCUT2D eigenvalue weighted by atomic mass is 9.99. The first-order valence-electron chi connectivity index (χ1n) is 9.91. The van der Waals surface area contributed by atoms with Gasteiger partial charge in [0.25, 0.3) is 5.91 Å². The number of carbonyl (C=O) groups is 1. The van der Waals surface area contributed by atoms with Crippen molar-refractivity contribution in [2.24, 2.45) is 5.92 Å². The van der Waals surface area contributed by atoms with Gasteiger partial charge in [-0.25, -0.2) is 8.42 Å². The van der Waals surface area contributed by atoms with Gasteiger partial charge in [0, 0.05) is 26.2 Å². The van der Waals surface area contributed by atoms with E-state index in [0.717, 1.165) is 38.5 Å². The number of carbonyl (C=O) groups excluding carboxylic acids is 1. The molecule has 1 unspecified atom stereocenters. The Bertz CT molecular complexity index is 770. The molecule has 0 saturated carbocycles. The molecule has 0 spiro atoms. The van der Waals surface area contributed by atoms with Crippen LogP contribution in [-0.4, -0.2) is 56.8 Å². The van der Waals surface area contributed by atoms with Crippen LogP contribution in [0.4, 0.5) is 0 Å². The summed E-state index contributed by atoms with van der Waals surface area (Å²) in [6.45, 7) is 4.62. The molecular weight excluding hydrogens is 364 g/mol. The maximum atomic E-state index is 13.1. The largest absolute Gasteiger partial charge is 0.496 e. The first-order valence-corrected chi connectivity index (χ1v) is 11.3. The number of hydrogen-bond acceptors (Lipinski definition) is 4. The van der Waals surface area contributed by atoms with Crippen molar-refractivity contribution >= 4 is 15.9 Å². The van der Waals surface area contributed by atoms with Crippen LogP contribution in [0.25, 0.3) is 0 Å². The van der Waals surface area contributed by atoms with Crippen LogP contribution in [0.15, 0.2) is 23.1 Å². The summed E-state index contributed by atoms with van der Waals surface area (Å²) < 4.78 is 33.1. The predicted molar refractivity (Wildman–Crippen MR) is 105 cm³/mol. The van der Waals surface area contributed by atoms with E-state index in [4.69, 9.17) is 4.74 Å². The van der Waals surface area contributed by atoms with Crippen LogP contribution >= 0.6 is 0 Å². The summed E-state index contributed by atoms with van der Waals surface area (Å²) >= 11 is 0. The summed E-state index contributed by atoms with van der Waals surface area (Å²) in [4.78, 5) is 15.1. The standard InChI is InChI=1S/C20H30N2O4S/c1-16-8-7-11-21(15-16)20(23)18-14-17(9-10-19(18)26-2)27(24,25)22-12-5-3-4-6-13-22/h9-10,14,16H,3-8,11-13,15H2,1-2H3. The van der Waals surface area contributed by atoms with E-state index in [-0.39, 0.29) is 10.8 Å². The van der Waals surface area contributed by atoms with E-state index in [0.29, 0.717) is 43.4 Å². The lowest BCUT2D eigenvalue weighted by molar-refractivity contribution is 0.0679. The molecule has 6 nitrogen and oxygen atoms in total. The molecule has 0 N–H and O–H groups in total. The Morgan fingerprint density at radius 1 is 1.07 bits per heavy atom. The smallest absolute Gasteiger partial charge is 0.257 e. The zero-order valence-corrected chi connectivity index (χ0v) is 17.1. The van der Waals surface area contributed by atoms with E-state index in [1.54, 1.807) is 16.4 Å². The molecule has 150 valence electrons. The second-order valence-corrected chi connectivity index (χ2v) is 9.62. The van der Waals surface area contributed by atoms with Gasteiger partial charge < -0.3 is 9.64 Å². The van der Waals surface area contributed by atoms with Crippen LogP contribution in [0.2, 0.25) is 0 Å². The minimum Gasteiger partial charge on any atom is -0.496 e. The molecule has 2 saturated heterocycles. The number of piperidine rings is 1. The highest BCUT2D eigenvalue weighted by Gasteiger charge is 2.29. The van der Waals surface area contributed by atoms with Gasteiger partial charge >= 0.3 is 0 Å². The molecule has 1 atom stereocenters. The predicted octanol–water partition coefficient (Wildman–Crippen LogP) is 3.13. The van der Waals surface area contributed by atoms with Gasteiger partial charge in [0.1, 0.15) is 5.75 Å². The van der Waals surface area contributed by atoms with Gasteiger partial charge in [0.15, 0.2) is 0 Å². The summed E-state index contributed by atoms with van der Waals surface area (Å²) in [6.07, 6.45) is 5.97. The van der Waals surface area contributed by atoms with Crippen LogP contribution in [0, 0.1) is 5.92 Å². The van der Waals surface area contributed by atoms with E-state index in [9.17, 15) is 13.2 Å². The number of benzene rings is 1. The Morgan fingerprint density at radius 2 is 1.78 bits per heavy atom. The second-order valence-electron chi connectivity index (χ2n) is 7.68. The third-order valence-electron chi connectivity index (χ3n) is 5.55. The number of amides is 1. The lowest BCUT2D eigenvalue weighted by Crippen LogP contribution is -2.39. The second kappa shape index (κ2) is 8.61. The van der Waals surface area contributed by atoms with Gasteiger partial charge in [0.05, 0.1) is 17.6 Å². The zero-order valence-electron chi connectivity index (χ0n) is 16.3. The average molecular weight is 395 g/mol. The summed E-state index contributed by atoms with van der Waals surface area (Å²) in [5.41, 5.74) is 0.336. The maximum absolute atomic E-state index is 13.1. The maximum Gasteiger partial charge on any atom is 0.257 e. The number of rotatable bonds is 4. The normalized spacial score (nSPS) is 22.3. The molecule has 7 heteroatoms. The quantitative estimate of drug-likeness (QED) is 0.787. The fraction of sp³-hybridized carbons (Fsp3) is 0.650. The van der Waals surface area contributed by atoms with Gasteiger partial charge in [-0.2, -0.15) is 4.31 Å². The summed E-state index contributed by atoms with van der Waals surface area (Å²) in [5.74, 6) is 0.733. The number of sulfonamides is 1. The minimum absolute atomic E-state index is 0.147. The highest BCUT2D eigenvalue weighted by Crippen LogP contribution is 2.28. The van der Waals surface area contributed by atoms with Crippen molar-refractivity contribution in [3.05, 3.63) is 23.8 Å². The molecular formula is C20H30N2O4S. The Labute approximate surface area is 162 Å². The van der Waals surface area contributed by atoms with E-state index >= 15 is 0 Å². The van der Waals surface area contributed by atoms with Crippen LogP contribution in [0.5, 0.6) is 5.75 Å². The SMILES string of the molecule is COc1ccc(S(=O)(=O)N2CCCCCC2)cc1C(=O)N1CCCC(C)C1. The molecule has 0 radical (unpaired) electrons. The third kappa shape index (κ3) is 4.46. The monoisotopic (exact) mass is 394 g/mol. The molecule has 1 amide bonds. The van der Waals surface area contributed by atoms with Crippen LogP contribution in [0.3, 0.4) is 0 Å². The van der Waals surface area contributed by atoms with Gasteiger partial charge in [-0.05, 0) is 49.8 Å². The van der Waals surface area contributed by atoms with Gasteiger partial charge in [-0.15, -0.1) is 0 Å². The van der Waals surface area contributed by atoms with Crippen molar-refractivity contribution in [3.8, 4) is 5.75 Å². The van der Waals surface area contributed by atoms with E-state index in [2.05, 4.69) is 6.92 Å². The number of nitrogens with zero attached hydrogens (tertiary/aromatic N) is 2. The van der Waals surface area contributed by atoms with Crippen LogP contribution in [0.1, 0.15) is 55.8 Å². The minimum atomic E-state index is -3.60. The Morgan fingerprint density at radius 3 is 2.41 bits per heavy atom. The number of likely N-dealkylation sites (tertiary alicyclic amines) is 1. The number of methoxy groups -OCH3 is 1. The van der Waals surface area contributed by atoms with Crippen molar-refractivity contribution < 1.29 is 17.9 Å². The average Bonchev–Trinajstić information content (AvgIpc) is 2.97. The van der Waals surface area contributed by atoms with Gasteiger partial charge in [0.2, 0.25) is 10.0 Å². The molecule has 2 aliphatic heterocycles. The van der Waals surface area contributed by atoms with E-state index < -0.39 is 10.0 Å². The number of hydrogen-bond donors (Lipinski definition) is 0. The molecule has 2 aliphatic rings. The molecule has 2 fully saturated rings. The first-order chi connectivity index (χ1) is 12.9. The molecule has 0 bridgehead atoms. The fourth-order valence-electron chi connectivity index (χ4n) is 3.99. The zero-order chi connectivity index (χ0) is 19.4. The van der Waals surface area contributed by atoms with Crippen molar-refractivity contribution in [3.63, 3.8) is 0 Å². The van der Waals surface area contributed by atoms with Crippen molar-refractivity contribution in [1.29, 1.82) is 0 Å². The van der Waals surface area contributed by atoms with E-state index in [1.807, 2.05) is 4.90 Å². The van der Waals surface area contributed by atoms with Gasteiger partial charge in [-0.1, -0.05) is 19.8 Å². The molecule has 3 rings (SSSR count). The van der Waals surface area contributed by atoms with Crippen molar-refractivity contribution in [2.45, 2.75) is 50.3 Å².